The van der Waals surface area contributed by atoms with Crippen molar-refractivity contribution in [1.82, 2.24) is 5.32 Å². The first-order chi connectivity index (χ1) is 8.20. The van der Waals surface area contributed by atoms with Gasteiger partial charge in [0.05, 0.1) is 0 Å². The molecule has 0 saturated heterocycles. The molecular weight excluding hydrogens is 219 g/mol. The van der Waals surface area contributed by atoms with E-state index < -0.39 is 0 Å². The molecule has 0 aliphatic carbocycles. The standard InChI is InChI=1S/C13H17FN2O/c1-2-5-15-8-10-6-9-3-4-13(17)16-12(9)7-11(10)14/h6-7,15H,2-5,8H2,1H3,(H,16,17). The van der Waals surface area contributed by atoms with Gasteiger partial charge >= 0.3 is 0 Å². The summed E-state index contributed by atoms with van der Waals surface area (Å²) in [4.78, 5) is 11.2. The maximum absolute atomic E-state index is 13.7. The molecule has 0 spiro atoms. The molecule has 1 aliphatic rings. The summed E-state index contributed by atoms with van der Waals surface area (Å²) < 4.78 is 13.7. The summed E-state index contributed by atoms with van der Waals surface area (Å²) in [6.45, 7) is 3.50. The number of nitrogens with one attached hydrogen (secondary N) is 2. The van der Waals surface area contributed by atoms with Gasteiger partial charge in [0.15, 0.2) is 0 Å². The number of carbonyl (C=O) groups excluding carboxylic acids is 1. The van der Waals surface area contributed by atoms with Crippen LogP contribution >= 0.6 is 0 Å². The van der Waals surface area contributed by atoms with Gasteiger partial charge < -0.3 is 10.6 Å². The van der Waals surface area contributed by atoms with E-state index in [0.717, 1.165) is 18.5 Å². The van der Waals surface area contributed by atoms with E-state index in [9.17, 15) is 9.18 Å². The Morgan fingerprint density at radius 3 is 3.00 bits per heavy atom. The Kier molecular flexibility index (Phi) is 3.74. The van der Waals surface area contributed by atoms with Gasteiger partial charge in [0.2, 0.25) is 5.91 Å². The van der Waals surface area contributed by atoms with Gasteiger partial charge in [-0.15, -0.1) is 0 Å². The number of hydrogen-bond acceptors (Lipinski definition) is 2. The lowest BCUT2D eigenvalue weighted by atomic mass is 10.00. The summed E-state index contributed by atoms with van der Waals surface area (Å²) in [5.41, 5.74) is 2.32. The number of anilines is 1. The average molecular weight is 236 g/mol. The van der Waals surface area contributed by atoms with Gasteiger partial charge in [-0.2, -0.15) is 0 Å². The first-order valence-electron chi connectivity index (χ1n) is 6.02. The van der Waals surface area contributed by atoms with E-state index in [4.69, 9.17) is 0 Å². The second-order valence-corrected chi connectivity index (χ2v) is 4.33. The van der Waals surface area contributed by atoms with Crippen molar-refractivity contribution in [2.45, 2.75) is 32.7 Å². The van der Waals surface area contributed by atoms with Crippen molar-refractivity contribution in [2.75, 3.05) is 11.9 Å². The molecule has 0 saturated carbocycles. The molecule has 92 valence electrons. The molecule has 0 atom stereocenters. The second kappa shape index (κ2) is 5.27. The van der Waals surface area contributed by atoms with Crippen molar-refractivity contribution in [3.63, 3.8) is 0 Å². The summed E-state index contributed by atoms with van der Waals surface area (Å²) in [6.07, 6.45) is 2.21. The minimum Gasteiger partial charge on any atom is -0.326 e. The van der Waals surface area contributed by atoms with E-state index in [1.807, 2.05) is 6.07 Å². The predicted octanol–water partition coefficient (Wildman–Crippen LogP) is 2.21. The van der Waals surface area contributed by atoms with Gasteiger partial charge in [-0.05, 0) is 37.1 Å². The van der Waals surface area contributed by atoms with E-state index in [1.165, 1.54) is 6.07 Å². The van der Waals surface area contributed by atoms with Crippen LogP contribution < -0.4 is 10.6 Å². The van der Waals surface area contributed by atoms with Crippen LogP contribution in [0.3, 0.4) is 0 Å². The molecule has 1 aromatic rings. The zero-order valence-electron chi connectivity index (χ0n) is 9.98. The topological polar surface area (TPSA) is 41.1 Å². The number of aryl methyl sites for hydroxylation is 1. The highest BCUT2D eigenvalue weighted by atomic mass is 19.1. The molecule has 2 N–H and O–H groups in total. The average Bonchev–Trinajstić information content (AvgIpc) is 2.30. The fourth-order valence-electron chi connectivity index (χ4n) is 1.99. The predicted molar refractivity (Wildman–Crippen MR) is 65.3 cm³/mol. The van der Waals surface area contributed by atoms with Crippen LogP contribution in [0.25, 0.3) is 0 Å². The summed E-state index contributed by atoms with van der Waals surface area (Å²) in [5.74, 6) is -0.289. The lowest BCUT2D eigenvalue weighted by Gasteiger charge is -2.18. The molecular formula is C13H17FN2O. The van der Waals surface area contributed by atoms with Crippen LogP contribution in [0.1, 0.15) is 30.9 Å². The largest absolute Gasteiger partial charge is 0.326 e. The Hall–Kier alpha value is -1.42. The van der Waals surface area contributed by atoms with Crippen LogP contribution in [-0.2, 0) is 17.8 Å². The molecule has 1 amide bonds. The Morgan fingerprint density at radius 1 is 1.41 bits per heavy atom. The molecule has 0 bridgehead atoms. The number of benzene rings is 1. The lowest BCUT2D eigenvalue weighted by molar-refractivity contribution is -0.116. The molecule has 0 radical (unpaired) electrons. The number of fused-ring (bicyclic) bond motifs is 1. The highest BCUT2D eigenvalue weighted by Crippen LogP contribution is 2.25. The third kappa shape index (κ3) is 2.82. The number of hydrogen-bond donors (Lipinski definition) is 2. The zero-order valence-corrected chi connectivity index (χ0v) is 9.98. The Morgan fingerprint density at radius 2 is 2.24 bits per heavy atom. The number of carbonyl (C=O) groups is 1. The molecule has 0 unspecified atom stereocenters. The fraction of sp³-hybridized carbons (Fsp3) is 0.462. The first kappa shape index (κ1) is 12.0. The Bertz CT molecular complexity index is 432. The van der Waals surface area contributed by atoms with Crippen molar-refractivity contribution >= 4 is 11.6 Å². The van der Waals surface area contributed by atoms with E-state index in [-0.39, 0.29) is 11.7 Å². The van der Waals surface area contributed by atoms with Crippen molar-refractivity contribution in [2.24, 2.45) is 0 Å². The quantitative estimate of drug-likeness (QED) is 0.787. The van der Waals surface area contributed by atoms with Crippen LogP contribution in [-0.4, -0.2) is 12.5 Å². The van der Waals surface area contributed by atoms with Crippen LogP contribution in [0, 0.1) is 5.82 Å². The van der Waals surface area contributed by atoms with Gasteiger partial charge in [-0.25, -0.2) is 4.39 Å². The van der Waals surface area contributed by atoms with E-state index >= 15 is 0 Å². The smallest absolute Gasteiger partial charge is 0.224 e. The SMILES string of the molecule is CCCNCc1cc2c(cc1F)NC(=O)CC2. The highest BCUT2D eigenvalue weighted by Gasteiger charge is 2.17. The second-order valence-electron chi connectivity index (χ2n) is 4.33. The Balaban J connectivity index is 2.16. The molecule has 0 aromatic heterocycles. The van der Waals surface area contributed by atoms with E-state index in [2.05, 4.69) is 17.6 Å². The van der Waals surface area contributed by atoms with Crippen molar-refractivity contribution in [1.29, 1.82) is 0 Å². The monoisotopic (exact) mass is 236 g/mol. The molecule has 17 heavy (non-hydrogen) atoms. The van der Waals surface area contributed by atoms with E-state index in [1.54, 1.807) is 0 Å². The van der Waals surface area contributed by atoms with Crippen molar-refractivity contribution < 1.29 is 9.18 Å². The van der Waals surface area contributed by atoms with Gasteiger partial charge in [0.25, 0.3) is 0 Å². The van der Waals surface area contributed by atoms with Crippen LogP contribution in [0.2, 0.25) is 0 Å². The molecule has 1 aliphatic heterocycles. The maximum atomic E-state index is 13.7. The summed E-state index contributed by atoms with van der Waals surface area (Å²) >= 11 is 0. The zero-order chi connectivity index (χ0) is 12.3. The molecule has 2 rings (SSSR count). The number of amides is 1. The normalized spacial score (nSPS) is 14.4. The summed E-state index contributed by atoms with van der Waals surface area (Å²) in [5, 5.41) is 5.88. The summed E-state index contributed by atoms with van der Waals surface area (Å²) in [6, 6.07) is 3.28. The van der Waals surface area contributed by atoms with Crippen molar-refractivity contribution in [3.8, 4) is 0 Å². The minimum absolute atomic E-state index is 0.0336. The highest BCUT2D eigenvalue weighted by molar-refractivity contribution is 5.93. The van der Waals surface area contributed by atoms with Gasteiger partial charge in [0, 0.05) is 24.2 Å². The van der Waals surface area contributed by atoms with Crippen LogP contribution in [0.15, 0.2) is 12.1 Å². The van der Waals surface area contributed by atoms with Gasteiger partial charge in [-0.3, -0.25) is 4.79 Å². The Labute approximate surface area is 100 Å². The molecule has 1 heterocycles. The first-order valence-corrected chi connectivity index (χ1v) is 6.02. The third-order valence-corrected chi connectivity index (χ3v) is 2.91. The molecule has 3 nitrogen and oxygen atoms in total. The fourth-order valence-corrected chi connectivity index (χ4v) is 1.99. The number of halogens is 1. The summed E-state index contributed by atoms with van der Waals surface area (Å²) in [7, 11) is 0. The molecule has 1 aromatic carbocycles. The molecule has 4 heteroatoms. The van der Waals surface area contributed by atoms with Gasteiger partial charge in [0.1, 0.15) is 5.82 Å². The molecule has 0 fully saturated rings. The lowest BCUT2D eigenvalue weighted by Crippen LogP contribution is -2.20. The number of rotatable bonds is 4. The van der Waals surface area contributed by atoms with Crippen LogP contribution in [0.4, 0.5) is 10.1 Å². The third-order valence-electron chi connectivity index (χ3n) is 2.91. The van der Waals surface area contributed by atoms with Gasteiger partial charge in [-0.1, -0.05) is 6.92 Å². The van der Waals surface area contributed by atoms with Crippen LogP contribution in [0.5, 0.6) is 0 Å². The van der Waals surface area contributed by atoms with Crippen molar-refractivity contribution in [3.05, 3.63) is 29.1 Å². The minimum atomic E-state index is -0.255. The maximum Gasteiger partial charge on any atom is 0.224 e. The van der Waals surface area contributed by atoms with E-state index in [0.29, 0.717) is 30.6 Å².